The highest BCUT2D eigenvalue weighted by molar-refractivity contribution is 6.30. The van der Waals surface area contributed by atoms with Crippen LogP contribution in [0.3, 0.4) is 0 Å². The van der Waals surface area contributed by atoms with E-state index in [0.29, 0.717) is 12.6 Å². The maximum absolute atomic E-state index is 12.4. The Labute approximate surface area is 260 Å². The molecule has 13 heteroatoms. The van der Waals surface area contributed by atoms with E-state index in [1.165, 1.54) is 24.8 Å². The molecule has 0 spiro atoms. The second-order valence-electron chi connectivity index (χ2n) is 11.4. The van der Waals surface area contributed by atoms with Crippen LogP contribution in [0.15, 0.2) is 48.7 Å². The first-order valence-electron chi connectivity index (χ1n) is 15.1. The number of benzene rings is 1. The van der Waals surface area contributed by atoms with Gasteiger partial charge in [0.05, 0.1) is 6.61 Å². The van der Waals surface area contributed by atoms with Crippen LogP contribution < -0.4 is 10.2 Å². The number of halogens is 4. The van der Waals surface area contributed by atoms with E-state index >= 15 is 0 Å². The molecule has 0 bridgehead atoms. The monoisotopic (exact) mass is 640 g/mol. The Balaban J connectivity index is 0.000000566. The average Bonchev–Trinajstić information content (AvgIpc) is 3.02. The summed E-state index contributed by atoms with van der Waals surface area (Å²) in [6.07, 6.45) is 5.12. The van der Waals surface area contributed by atoms with Crippen molar-refractivity contribution < 1.29 is 37.3 Å². The number of pyridine rings is 1. The first-order chi connectivity index (χ1) is 21.1. The predicted octanol–water partition coefficient (Wildman–Crippen LogP) is 5.71. The van der Waals surface area contributed by atoms with E-state index in [0.717, 1.165) is 62.6 Å². The summed E-state index contributed by atoms with van der Waals surface area (Å²) < 4.78 is 43.6. The van der Waals surface area contributed by atoms with Crippen molar-refractivity contribution in [2.45, 2.75) is 81.8 Å². The van der Waals surface area contributed by atoms with Crippen molar-refractivity contribution in [3.8, 4) is 0 Å². The number of morpholine rings is 1. The molecule has 5 rings (SSSR count). The lowest BCUT2D eigenvalue weighted by atomic mass is 9.96. The van der Waals surface area contributed by atoms with Crippen LogP contribution in [0.5, 0.6) is 0 Å². The van der Waals surface area contributed by atoms with Gasteiger partial charge in [0, 0.05) is 49.0 Å². The Hall–Kier alpha value is -3.09. The number of anilines is 1. The number of carbonyl (C=O) groups excluding carboxylic acids is 1. The molecule has 242 valence electrons. The van der Waals surface area contributed by atoms with Gasteiger partial charge in [-0.05, 0) is 61.9 Å². The summed E-state index contributed by atoms with van der Waals surface area (Å²) in [5.74, 6) is -1.71. The number of ether oxygens (including phenoxy) is 2. The van der Waals surface area contributed by atoms with Crippen molar-refractivity contribution in [3.05, 3.63) is 59.2 Å². The van der Waals surface area contributed by atoms with Gasteiger partial charge in [-0.2, -0.15) is 13.2 Å². The molecular weight excluding hydrogens is 601 g/mol. The number of nitrogens with one attached hydrogen (secondary N) is 1. The third kappa shape index (κ3) is 10.5. The van der Waals surface area contributed by atoms with Crippen molar-refractivity contribution in [1.82, 2.24) is 15.2 Å². The van der Waals surface area contributed by atoms with E-state index in [9.17, 15) is 18.0 Å². The third-order valence-electron chi connectivity index (χ3n) is 8.27. The van der Waals surface area contributed by atoms with E-state index in [1.54, 1.807) is 0 Å². The number of piperidine rings is 1. The minimum absolute atomic E-state index is 0.118. The number of hydrogen-bond donors (Lipinski definition) is 2. The second-order valence-corrected chi connectivity index (χ2v) is 11.9. The van der Waals surface area contributed by atoms with E-state index in [-0.39, 0.29) is 30.9 Å². The lowest BCUT2D eigenvalue weighted by Crippen LogP contribution is -2.58. The first kappa shape index (κ1) is 33.8. The summed E-state index contributed by atoms with van der Waals surface area (Å²) >= 11 is 6.12. The number of rotatable bonds is 7. The topological polar surface area (TPSA) is 104 Å². The van der Waals surface area contributed by atoms with Gasteiger partial charge in [0.25, 0.3) is 0 Å². The van der Waals surface area contributed by atoms with E-state index in [2.05, 4.69) is 38.3 Å². The van der Waals surface area contributed by atoms with Gasteiger partial charge in [-0.15, -0.1) is 0 Å². The van der Waals surface area contributed by atoms with Crippen LogP contribution in [0.2, 0.25) is 5.02 Å². The highest BCUT2D eigenvalue weighted by Gasteiger charge is 2.38. The molecule has 2 aliphatic heterocycles. The van der Waals surface area contributed by atoms with Gasteiger partial charge in [-0.25, -0.2) is 14.6 Å². The molecule has 1 saturated carbocycles. The van der Waals surface area contributed by atoms with Crippen LogP contribution in [0.1, 0.15) is 50.5 Å². The first-order valence-corrected chi connectivity index (χ1v) is 15.5. The fourth-order valence-electron chi connectivity index (χ4n) is 5.99. The normalized spacial score (nSPS) is 22.0. The standard InChI is InChI=1S/C29H39ClN4O3.C2HF3O2/c30-23-11-9-22(10-12-23)18-26-20-36-27(21-37-29(35)32-24-6-2-1-3-7-24)19-34(26)25-13-16-33(17-14-25)28-8-4-5-15-31-28;3-2(4,5)1(6)7/h4-5,8-12,15,24-27H,1-3,6-7,13-14,16-21H2,(H,32,35);(H,6,7)/t26-,27+;/m0./s1. The van der Waals surface area contributed by atoms with Crippen LogP contribution >= 0.6 is 11.6 Å². The maximum Gasteiger partial charge on any atom is 0.490 e. The van der Waals surface area contributed by atoms with E-state index in [1.807, 2.05) is 30.5 Å². The number of carboxylic acids is 1. The molecule has 9 nitrogen and oxygen atoms in total. The minimum Gasteiger partial charge on any atom is -0.475 e. The molecule has 1 aromatic carbocycles. The van der Waals surface area contributed by atoms with Gasteiger partial charge in [0.1, 0.15) is 18.5 Å². The van der Waals surface area contributed by atoms with Crippen molar-refractivity contribution in [3.63, 3.8) is 0 Å². The average molecular weight is 641 g/mol. The highest BCUT2D eigenvalue weighted by Crippen LogP contribution is 2.27. The molecular formula is C31H40ClF3N4O5. The Morgan fingerprint density at radius 1 is 1.05 bits per heavy atom. The van der Waals surface area contributed by atoms with Crippen LogP contribution in [0.4, 0.5) is 23.8 Å². The van der Waals surface area contributed by atoms with Crippen LogP contribution in [-0.4, -0.2) is 90.3 Å². The lowest BCUT2D eigenvalue weighted by molar-refractivity contribution is -0.192. The number of alkyl carbamates (subject to hydrolysis) is 1. The number of nitrogens with zero attached hydrogens (tertiary/aromatic N) is 3. The van der Waals surface area contributed by atoms with Crippen molar-refractivity contribution >= 4 is 29.5 Å². The SMILES string of the molecule is O=C(NC1CCCCC1)OC[C@H]1CN(C2CCN(c3ccccn3)CC2)[C@@H](Cc2ccc(Cl)cc2)CO1.O=C(O)C(F)(F)F. The fourth-order valence-corrected chi connectivity index (χ4v) is 6.11. The van der Waals surface area contributed by atoms with E-state index in [4.69, 9.17) is 31.0 Å². The molecule has 0 unspecified atom stereocenters. The van der Waals surface area contributed by atoms with Crippen LogP contribution in [0, 0.1) is 0 Å². The molecule has 2 aromatic rings. The quantitative estimate of drug-likeness (QED) is 0.397. The Bertz CT molecular complexity index is 1180. The number of alkyl halides is 3. The maximum atomic E-state index is 12.4. The number of hydrogen-bond acceptors (Lipinski definition) is 7. The van der Waals surface area contributed by atoms with Crippen LogP contribution in [-0.2, 0) is 20.7 Å². The van der Waals surface area contributed by atoms with Crippen molar-refractivity contribution in [1.29, 1.82) is 0 Å². The molecule has 3 aliphatic rings. The number of carboxylic acid groups (broad SMARTS) is 1. The molecule has 2 saturated heterocycles. The van der Waals surface area contributed by atoms with Crippen LogP contribution in [0.25, 0.3) is 0 Å². The number of carbonyl (C=O) groups is 2. The largest absolute Gasteiger partial charge is 0.490 e. The molecule has 3 heterocycles. The summed E-state index contributed by atoms with van der Waals surface area (Å²) in [7, 11) is 0. The molecule has 3 fully saturated rings. The summed E-state index contributed by atoms with van der Waals surface area (Å²) in [6, 6.07) is 15.2. The van der Waals surface area contributed by atoms with Gasteiger partial charge in [0.2, 0.25) is 0 Å². The summed E-state index contributed by atoms with van der Waals surface area (Å²) in [5, 5.41) is 10.9. The van der Waals surface area contributed by atoms with Gasteiger partial charge < -0.3 is 24.8 Å². The Morgan fingerprint density at radius 2 is 1.73 bits per heavy atom. The minimum atomic E-state index is -5.08. The molecule has 2 atom stereocenters. The number of aromatic nitrogens is 1. The molecule has 1 aliphatic carbocycles. The van der Waals surface area contributed by atoms with E-state index < -0.39 is 12.1 Å². The molecule has 1 amide bonds. The van der Waals surface area contributed by atoms with Crippen molar-refractivity contribution in [2.24, 2.45) is 0 Å². The zero-order chi connectivity index (χ0) is 31.5. The Morgan fingerprint density at radius 3 is 2.34 bits per heavy atom. The number of amides is 1. The molecule has 44 heavy (non-hydrogen) atoms. The third-order valence-corrected chi connectivity index (χ3v) is 8.52. The van der Waals surface area contributed by atoms with Gasteiger partial charge >= 0.3 is 18.2 Å². The van der Waals surface area contributed by atoms with Gasteiger partial charge in [-0.3, -0.25) is 4.90 Å². The Kier molecular flexibility index (Phi) is 12.5. The van der Waals surface area contributed by atoms with Crippen molar-refractivity contribution in [2.75, 3.05) is 37.7 Å². The predicted molar refractivity (Wildman–Crippen MR) is 160 cm³/mol. The lowest BCUT2D eigenvalue weighted by Gasteiger charge is -2.46. The second kappa shape index (κ2) is 16.3. The molecule has 1 aromatic heterocycles. The zero-order valence-corrected chi connectivity index (χ0v) is 25.3. The smallest absolute Gasteiger partial charge is 0.475 e. The fraction of sp³-hybridized carbons (Fsp3) is 0.581. The summed E-state index contributed by atoms with van der Waals surface area (Å²) in [6.45, 7) is 3.65. The van der Waals surface area contributed by atoms with Gasteiger partial charge in [0.15, 0.2) is 0 Å². The molecule has 2 N–H and O–H groups in total. The summed E-state index contributed by atoms with van der Waals surface area (Å²) in [4.78, 5) is 30.8. The summed E-state index contributed by atoms with van der Waals surface area (Å²) in [5.41, 5.74) is 1.26. The van der Waals surface area contributed by atoms with Gasteiger partial charge in [-0.1, -0.05) is 49.1 Å². The highest BCUT2D eigenvalue weighted by atomic mass is 35.5. The molecule has 0 radical (unpaired) electrons. The zero-order valence-electron chi connectivity index (χ0n) is 24.6. The number of aliphatic carboxylic acids is 1.